The molecule has 0 bridgehead atoms. The second-order valence-electron chi connectivity index (χ2n) is 24.8. The van der Waals surface area contributed by atoms with E-state index in [1.165, 1.54) is 32.1 Å². The molecular formula is C81H134O17P2. The van der Waals surface area contributed by atoms with Gasteiger partial charge in [-0.1, -0.05) is 263 Å². The van der Waals surface area contributed by atoms with Crippen LogP contribution in [0, 0.1) is 0 Å². The van der Waals surface area contributed by atoms with Crippen molar-refractivity contribution in [1.82, 2.24) is 0 Å². The van der Waals surface area contributed by atoms with Gasteiger partial charge in [-0.05, 0) is 141 Å². The molecule has 3 N–H and O–H groups in total. The molecule has 0 amide bonds. The van der Waals surface area contributed by atoms with Gasteiger partial charge in [0.15, 0.2) is 12.2 Å². The van der Waals surface area contributed by atoms with Gasteiger partial charge in [-0.2, -0.15) is 0 Å². The Morgan fingerprint density at radius 2 is 0.570 bits per heavy atom. The molecular weight excluding hydrogens is 1310 g/mol. The van der Waals surface area contributed by atoms with Gasteiger partial charge in [0.25, 0.3) is 0 Å². The number of allylic oxidation sites excluding steroid dienone is 23. The number of hydrogen-bond acceptors (Lipinski definition) is 15. The number of esters is 4. The lowest BCUT2D eigenvalue weighted by atomic mass is 10.1. The maximum Gasteiger partial charge on any atom is 0.472 e. The average Bonchev–Trinajstić information content (AvgIpc) is 0.926. The van der Waals surface area contributed by atoms with E-state index in [9.17, 15) is 43.2 Å². The molecule has 100 heavy (non-hydrogen) atoms. The summed E-state index contributed by atoms with van der Waals surface area (Å²) >= 11 is 0. The number of ether oxygens (including phenoxy) is 4. The Morgan fingerprint density at radius 3 is 0.930 bits per heavy atom. The van der Waals surface area contributed by atoms with Crippen LogP contribution in [0.15, 0.2) is 146 Å². The minimum atomic E-state index is -5.01. The Morgan fingerprint density at radius 1 is 0.300 bits per heavy atom. The molecule has 570 valence electrons. The first kappa shape index (κ1) is 94.9. The number of carbonyl (C=O) groups excluding carboxylic acids is 4. The summed E-state index contributed by atoms with van der Waals surface area (Å²) < 4.78 is 68.3. The topological polar surface area (TPSA) is 237 Å². The molecule has 0 saturated carbocycles. The van der Waals surface area contributed by atoms with Gasteiger partial charge in [-0.3, -0.25) is 37.3 Å². The smallest absolute Gasteiger partial charge is 0.462 e. The fourth-order valence-electron chi connectivity index (χ4n) is 9.53. The van der Waals surface area contributed by atoms with Crippen molar-refractivity contribution >= 4 is 39.5 Å². The van der Waals surface area contributed by atoms with Crippen LogP contribution < -0.4 is 0 Å². The Kier molecular flexibility index (Phi) is 68.6. The number of hydrogen-bond donors (Lipinski definition) is 3. The SMILES string of the molecule is CC/C=C\C/C=C\C/C=C\C/C=C\C/C=C\CC(=O)OC(COC(=O)CCCCCCCC/C=C\C/C=C\C/C=C\CCCCC)COP(=O)(O)OCC(O)COP(=O)(O)OCC(COC(=O)CCCCCCC/C=C\C/C=C\C/C=C\CC)OC(=O)CCCCCCC/C=C\CCCC. The fraction of sp³-hybridized carbons (Fsp3) is 0.654. The molecule has 17 nitrogen and oxygen atoms in total. The van der Waals surface area contributed by atoms with E-state index in [-0.39, 0.29) is 25.7 Å². The summed E-state index contributed by atoms with van der Waals surface area (Å²) in [6, 6.07) is 0. The van der Waals surface area contributed by atoms with Gasteiger partial charge in [-0.25, -0.2) is 9.13 Å². The molecule has 0 spiro atoms. The fourth-order valence-corrected chi connectivity index (χ4v) is 11.1. The van der Waals surface area contributed by atoms with Gasteiger partial charge in [0, 0.05) is 19.3 Å². The summed E-state index contributed by atoms with van der Waals surface area (Å²) in [5.74, 6) is -2.37. The lowest BCUT2D eigenvalue weighted by Crippen LogP contribution is -2.30. The third-order valence-corrected chi connectivity index (χ3v) is 17.2. The summed E-state index contributed by atoms with van der Waals surface area (Å²) in [5.41, 5.74) is 0. The van der Waals surface area contributed by atoms with Crippen LogP contribution in [0.25, 0.3) is 0 Å². The molecule has 0 aliphatic carbocycles. The molecule has 0 saturated heterocycles. The number of phosphoric ester groups is 2. The van der Waals surface area contributed by atoms with Crippen molar-refractivity contribution in [2.75, 3.05) is 39.6 Å². The zero-order valence-corrected chi connectivity index (χ0v) is 63.9. The van der Waals surface area contributed by atoms with Crippen molar-refractivity contribution in [1.29, 1.82) is 0 Å². The molecule has 0 rings (SSSR count). The van der Waals surface area contributed by atoms with Crippen LogP contribution in [0.2, 0.25) is 0 Å². The third kappa shape index (κ3) is 71.3. The van der Waals surface area contributed by atoms with Crippen molar-refractivity contribution in [2.45, 2.75) is 303 Å². The van der Waals surface area contributed by atoms with E-state index in [1.807, 2.05) is 12.2 Å². The molecule has 5 unspecified atom stereocenters. The van der Waals surface area contributed by atoms with Gasteiger partial charge in [0.2, 0.25) is 0 Å². The van der Waals surface area contributed by atoms with E-state index in [2.05, 4.69) is 149 Å². The zero-order valence-electron chi connectivity index (χ0n) is 62.1. The van der Waals surface area contributed by atoms with E-state index >= 15 is 0 Å². The van der Waals surface area contributed by atoms with E-state index in [1.54, 1.807) is 12.2 Å². The highest BCUT2D eigenvalue weighted by atomic mass is 31.2. The summed E-state index contributed by atoms with van der Waals surface area (Å²) in [7, 11) is -10.00. The molecule has 0 fully saturated rings. The average molecular weight is 1440 g/mol. The van der Waals surface area contributed by atoms with Gasteiger partial charge in [0.1, 0.15) is 19.3 Å². The van der Waals surface area contributed by atoms with Crippen molar-refractivity contribution in [3.8, 4) is 0 Å². The Hall–Kier alpha value is -5.06. The first-order chi connectivity index (χ1) is 48.7. The normalized spacial score (nSPS) is 14.8. The van der Waals surface area contributed by atoms with E-state index in [4.69, 9.17) is 37.0 Å². The highest BCUT2D eigenvalue weighted by Crippen LogP contribution is 2.45. The lowest BCUT2D eigenvalue weighted by molar-refractivity contribution is -0.161. The molecule has 0 aromatic rings. The van der Waals surface area contributed by atoms with E-state index in [0.29, 0.717) is 25.7 Å². The molecule has 5 atom stereocenters. The number of aliphatic hydroxyl groups excluding tert-OH is 1. The van der Waals surface area contributed by atoms with Crippen LogP contribution >= 0.6 is 15.6 Å². The monoisotopic (exact) mass is 1440 g/mol. The Labute approximate surface area is 605 Å². The Bertz CT molecular complexity index is 2470. The number of unbranched alkanes of at least 4 members (excludes halogenated alkanes) is 21. The maximum absolute atomic E-state index is 13.1. The number of rotatable bonds is 70. The molecule has 0 aromatic heterocycles. The van der Waals surface area contributed by atoms with Crippen LogP contribution in [-0.2, 0) is 65.4 Å². The van der Waals surface area contributed by atoms with Gasteiger partial charge >= 0.3 is 39.5 Å². The highest BCUT2D eigenvalue weighted by molar-refractivity contribution is 7.47. The number of carbonyl (C=O) groups is 4. The van der Waals surface area contributed by atoms with Crippen molar-refractivity contribution in [3.63, 3.8) is 0 Å². The predicted molar refractivity (Wildman–Crippen MR) is 408 cm³/mol. The molecule has 0 heterocycles. The Balaban J connectivity index is 5.42. The number of phosphoric acid groups is 2. The highest BCUT2D eigenvalue weighted by Gasteiger charge is 2.30. The predicted octanol–water partition coefficient (Wildman–Crippen LogP) is 21.9. The standard InChI is InChI=1S/C81H134O17P2/c1-5-9-13-17-21-25-29-32-35-36-37-38-41-43-47-50-54-58-62-66-79(84)92-72-77(98-81(86)68-64-60-56-52-48-44-40-34-31-27-23-19-15-11-7-3)74-96-100(89,90)94-70-75(82)69-93-99(87,88)95-73-76(97-80(85)67-63-59-55-51-45-28-24-20-16-12-8-4)71-91-78(83)65-61-57-53-49-46-42-39-33-30-26-22-18-14-10-6-2/h10-11,14-15,20-27,32-35,37-40,48,52,60,64,75-77,82H,5-9,12-13,16-19,28-31,36,41-47,49-51,53-59,61-63,65-74H2,1-4H3,(H,87,88)(H,89,90)/b14-10-,15-11-,24-20-,25-21-,26-22-,27-23-,35-32-,38-37-,39-33-,40-34-,52-48-,64-60-. The van der Waals surface area contributed by atoms with Crippen LogP contribution in [0.3, 0.4) is 0 Å². The van der Waals surface area contributed by atoms with Gasteiger partial charge in [-0.15, -0.1) is 0 Å². The van der Waals surface area contributed by atoms with Gasteiger partial charge < -0.3 is 33.8 Å². The summed E-state index contributed by atoms with van der Waals surface area (Å²) in [6.07, 6.45) is 81.6. The summed E-state index contributed by atoms with van der Waals surface area (Å²) in [5, 5.41) is 10.6. The maximum atomic E-state index is 13.1. The van der Waals surface area contributed by atoms with Crippen LogP contribution in [0.1, 0.15) is 285 Å². The minimum absolute atomic E-state index is 0.0741. The molecule has 0 radical (unpaired) electrons. The van der Waals surface area contributed by atoms with E-state index in [0.717, 1.165) is 173 Å². The summed E-state index contributed by atoms with van der Waals surface area (Å²) in [4.78, 5) is 72.8. The molecule has 0 aliphatic heterocycles. The van der Waals surface area contributed by atoms with Crippen molar-refractivity contribution < 1.29 is 80.2 Å². The second-order valence-corrected chi connectivity index (χ2v) is 27.7. The molecule has 19 heteroatoms. The lowest BCUT2D eigenvalue weighted by Gasteiger charge is -2.21. The van der Waals surface area contributed by atoms with Crippen molar-refractivity contribution in [3.05, 3.63) is 146 Å². The van der Waals surface area contributed by atoms with Crippen LogP contribution in [-0.4, -0.2) is 96.7 Å². The summed E-state index contributed by atoms with van der Waals surface area (Å²) in [6.45, 7) is 4.40. The first-order valence-electron chi connectivity index (χ1n) is 38.1. The minimum Gasteiger partial charge on any atom is -0.462 e. The quantitative estimate of drug-likeness (QED) is 0.0169. The van der Waals surface area contributed by atoms with Gasteiger partial charge in [0.05, 0.1) is 32.8 Å². The van der Waals surface area contributed by atoms with E-state index < -0.39 is 97.5 Å². The van der Waals surface area contributed by atoms with Crippen LogP contribution in [0.5, 0.6) is 0 Å². The third-order valence-electron chi connectivity index (χ3n) is 15.3. The number of aliphatic hydroxyl groups is 1. The van der Waals surface area contributed by atoms with Crippen molar-refractivity contribution in [2.24, 2.45) is 0 Å². The first-order valence-corrected chi connectivity index (χ1v) is 41.1. The molecule has 0 aromatic carbocycles. The zero-order chi connectivity index (χ0) is 73.2. The largest absolute Gasteiger partial charge is 0.472 e. The second kappa shape index (κ2) is 72.3. The van der Waals surface area contributed by atoms with Crippen LogP contribution in [0.4, 0.5) is 0 Å². The molecule has 0 aliphatic rings.